The van der Waals surface area contributed by atoms with Crippen molar-refractivity contribution in [1.82, 2.24) is 10.1 Å². The number of para-hydroxylation sites is 1. The Kier molecular flexibility index (Phi) is 4.32. The third-order valence-corrected chi connectivity index (χ3v) is 2.33. The Bertz CT molecular complexity index is 520. The highest BCUT2D eigenvalue weighted by atomic mass is 35.5. The maximum atomic E-state index is 5.89. The molecular formula is C12H16ClN3O2. The fraction of sp³-hybridized carbons (Fsp3) is 0.333. The average Bonchev–Trinajstić information content (AvgIpc) is 2.77. The second-order valence-corrected chi connectivity index (χ2v) is 4.35. The first-order valence-electron chi connectivity index (χ1n) is 5.29. The summed E-state index contributed by atoms with van der Waals surface area (Å²) < 4.78 is 10.4. The first kappa shape index (κ1) is 14.5. The van der Waals surface area contributed by atoms with Gasteiger partial charge in [0.1, 0.15) is 5.75 Å². The van der Waals surface area contributed by atoms with Gasteiger partial charge in [0, 0.05) is 0 Å². The number of aromatic nitrogens is 2. The van der Waals surface area contributed by atoms with Crippen LogP contribution in [-0.2, 0) is 5.54 Å². The molecule has 1 aromatic carbocycles. The van der Waals surface area contributed by atoms with Gasteiger partial charge in [0.05, 0.1) is 18.2 Å². The van der Waals surface area contributed by atoms with Gasteiger partial charge in [-0.15, -0.1) is 12.4 Å². The zero-order chi connectivity index (χ0) is 12.5. The summed E-state index contributed by atoms with van der Waals surface area (Å²) in [5.74, 6) is 1.59. The lowest BCUT2D eigenvalue weighted by molar-refractivity contribution is 0.312. The fourth-order valence-electron chi connectivity index (χ4n) is 1.42. The molecule has 0 saturated heterocycles. The predicted octanol–water partition coefficient (Wildman–Crippen LogP) is 2.36. The fourth-order valence-corrected chi connectivity index (χ4v) is 1.42. The van der Waals surface area contributed by atoms with E-state index in [-0.39, 0.29) is 12.4 Å². The lowest BCUT2D eigenvalue weighted by Crippen LogP contribution is -2.28. The first-order chi connectivity index (χ1) is 8.02. The summed E-state index contributed by atoms with van der Waals surface area (Å²) in [5, 5.41) is 3.92. The number of methoxy groups -OCH3 is 1. The molecule has 0 unspecified atom stereocenters. The van der Waals surface area contributed by atoms with Crippen molar-refractivity contribution in [3.63, 3.8) is 0 Å². The number of halogens is 1. The van der Waals surface area contributed by atoms with Crippen molar-refractivity contribution in [2.75, 3.05) is 7.11 Å². The van der Waals surface area contributed by atoms with Gasteiger partial charge in [0.25, 0.3) is 0 Å². The maximum Gasteiger partial charge on any atom is 0.246 e. The topological polar surface area (TPSA) is 74.2 Å². The number of nitrogens with zero attached hydrogens (tertiary/aromatic N) is 2. The van der Waals surface area contributed by atoms with Gasteiger partial charge in [0.2, 0.25) is 11.7 Å². The summed E-state index contributed by atoms with van der Waals surface area (Å²) >= 11 is 0. The van der Waals surface area contributed by atoms with E-state index in [0.29, 0.717) is 17.5 Å². The van der Waals surface area contributed by atoms with E-state index in [4.69, 9.17) is 15.0 Å². The molecule has 2 N–H and O–H groups in total. The van der Waals surface area contributed by atoms with Crippen LogP contribution in [0.2, 0.25) is 0 Å². The van der Waals surface area contributed by atoms with E-state index >= 15 is 0 Å². The molecule has 5 nitrogen and oxygen atoms in total. The van der Waals surface area contributed by atoms with E-state index < -0.39 is 5.54 Å². The maximum absolute atomic E-state index is 5.89. The zero-order valence-corrected chi connectivity index (χ0v) is 11.3. The summed E-state index contributed by atoms with van der Waals surface area (Å²) in [6.45, 7) is 3.62. The summed E-state index contributed by atoms with van der Waals surface area (Å²) in [7, 11) is 1.60. The van der Waals surface area contributed by atoms with Crippen molar-refractivity contribution in [3.8, 4) is 17.1 Å². The second kappa shape index (κ2) is 5.37. The minimum Gasteiger partial charge on any atom is -0.496 e. The molecule has 0 saturated carbocycles. The number of hydrogen-bond donors (Lipinski definition) is 1. The van der Waals surface area contributed by atoms with Crippen LogP contribution in [0.15, 0.2) is 28.8 Å². The Morgan fingerprint density at radius 3 is 2.50 bits per heavy atom. The number of rotatable bonds is 3. The summed E-state index contributed by atoms with van der Waals surface area (Å²) in [5.41, 5.74) is 6.03. The van der Waals surface area contributed by atoms with Gasteiger partial charge < -0.3 is 15.0 Å². The zero-order valence-electron chi connectivity index (χ0n) is 10.5. The Hall–Kier alpha value is -1.59. The smallest absolute Gasteiger partial charge is 0.246 e. The Morgan fingerprint density at radius 2 is 1.94 bits per heavy atom. The highest BCUT2D eigenvalue weighted by Crippen LogP contribution is 2.28. The van der Waals surface area contributed by atoms with E-state index in [1.165, 1.54) is 0 Å². The van der Waals surface area contributed by atoms with Crippen LogP contribution in [0.25, 0.3) is 11.4 Å². The Balaban J connectivity index is 0.00000162. The van der Waals surface area contributed by atoms with Gasteiger partial charge in [0.15, 0.2) is 0 Å². The van der Waals surface area contributed by atoms with Gasteiger partial charge >= 0.3 is 0 Å². The molecule has 0 bridgehead atoms. The standard InChI is InChI=1S/C12H15N3O2.ClH/c1-12(2,13)11-14-10(15-17-11)8-6-4-5-7-9(8)16-3;/h4-7H,13H2,1-3H3;1H. The van der Waals surface area contributed by atoms with Crippen molar-refractivity contribution in [1.29, 1.82) is 0 Å². The van der Waals surface area contributed by atoms with Crippen molar-refractivity contribution in [2.45, 2.75) is 19.4 Å². The molecule has 0 radical (unpaired) electrons. The highest BCUT2D eigenvalue weighted by Gasteiger charge is 2.23. The minimum atomic E-state index is -0.646. The molecule has 0 aliphatic carbocycles. The summed E-state index contributed by atoms with van der Waals surface area (Å²) in [6.07, 6.45) is 0. The predicted molar refractivity (Wildman–Crippen MR) is 70.7 cm³/mol. The second-order valence-electron chi connectivity index (χ2n) is 4.35. The van der Waals surface area contributed by atoms with Crippen LogP contribution in [0.3, 0.4) is 0 Å². The molecule has 2 aromatic rings. The van der Waals surface area contributed by atoms with Crippen LogP contribution in [0.4, 0.5) is 0 Å². The quantitative estimate of drug-likeness (QED) is 0.926. The van der Waals surface area contributed by atoms with E-state index in [9.17, 15) is 0 Å². The first-order valence-corrected chi connectivity index (χ1v) is 5.29. The molecular weight excluding hydrogens is 254 g/mol. The lowest BCUT2D eigenvalue weighted by Gasteiger charge is -2.10. The molecule has 0 aliphatic heterocycles. The van der Waals surface area contributed by atoms with Crippen LogP contribution in [0, 0.1) is 0 Å². The molecule has 6 heteroatoms. The van der Waals surface area contributed by atoms with E-state index in [1.807, 2.05) is 38.1 Å². The molecule has 0 fully saturated rings. The normalized spacial score (nSPS) is 10.9. The molecule has 1 heterocycles. The van der Waals surface area contributed by atoms with Crippen LogP contribution in [-0.4, -0.2) is 17.3 Å². The number of nitrogens with two attached hydrogens (primary N) is 1. The lowest BCUT2D eigenvalue weighted by atomic mass is 10.1. The van der Waals surface area contributed by atoms with Crippen molar-refractivity contribution >= 4 is 12.4 Å². The van der Waals surface area contributed by atoms with Gasteiger partial charge in [-0.05, 0) is 26.0 Å². The van der Waals surface area contributed by atoms with Gasteiger partial charge in [-0.2, -0.15) is 4.98 Å². The van der Waals surface area contributed by atoms with Crippen molar-refractivity contribution in [3.05, 3.63) is 30.2 Å². The third kappa shape index (κ3) is 2.80. The van der Waals surface area contributed by atoms with Gasteiger partial charge in [-0.25, -0.2) is 0 Å². The molecule has 0 amide bonds. The van der Waals surface area contributed by atoms with E-state index in [2.05, 4.69) is 10.1 Å². The van der Waals surface area contributed by atoms with Crippen LogP contribution < -0.4 is 10.5 Å². The van der Waals surface area contributed by atoms with Gasteiger partial charge in [-0.1, -0.05) is 17.3 Å². The molecule has 18 heavy (non-hydrogen) atoms. The average molecular weight is 270 g/mol. The van der Waals surface area contributed by atoms with E-state index in [1.54, 1.807) is 7.11 Å². The third-order valence-electron chi connectivity index (χ3n) is 2.33. The molecule has 0 atom stereocenters. The minimum absolute atomic E-state index is 0. The van der Waals surface area contributed by atoms with Crippen molar-refractivity contribution in [2.24, 2.45) is 5.73 Å². The number of ether oxygens (including phenoxy) is 1. The van der Waals surface area contributed by atoms with Crippen LogP contribution in [0.1, 0.15) is 19.7 Å². The SMILES string of the molecule is COc1ccccc1-c1noc(C(C)(C)N)n1.Cl. The molecule has 98 valence electrons. The number of benzene rings is 1. The largest absolute Gasteiger partial charge is 0.496 e. The summed E-state index contributed by atoms with van der Waals surface area (Å²) in [4.78, 5) is 4.28. The Labute approximate surface area is 112 Å². The summed E-state index contributed by atoms with van der Waals surface area (Å²) in [6, 6.07) is 7.49. The highest BCUT2D eigenvalue weighted by molar-refractivity contribution is 5.85. The van der Waals surface area contributed by atoms with E-state index in [0.717, 1.165) is 5.56 Å². The molecule has 1 aromatic heterocycles. The molecule has 0 aliphatic rings. The van der Waals surface area contributed by atoms with Crippen molar-refractivity contribution < 1.29 is 9.26 Å². The monoisotopic (exact) mass is 269 g/mol. The number of hydrogen-bond acceptors (Lipinski definition) is 5. The van der Waals surface area contributed by atoms with Crippen LogP contribution >= 0.6 is 12.4 Å². The Morgan fingerprint density at radius 1 is 1.28 bits per heavy atom. The molecule has 0 spiro atoms. The van der Waals surface area contributed by atoms with Gasteiger partial charge in [-0.3, -0.25) is 0 Å². The van der Waals surface area contributed by atoms with Crippen LogP contribution in [0.5, 0.6) is 5.75 Å². The molecule has 2 rings (SSSR count).